The Labute approximate surface area is 110 Å². The third-order valence-electron chi connectivity index (χ3n) is 2.81. The number of carbonyl (C=O) groups is 1. The normalized spacial score (nSPS) is 10.7. The summed E-state index contributed by atoms with van der Waals surface area (Å²) in [7, 11) is 0. The summed E-state index contributed by atoms with van der Waals surface area (Å²) in [5, 5.41) is 0. The smallest absolute Gasteiger partial charge is 0.223 e. The van der Waals surface area contributed by atoms with Crippen molar-refractivity contribution in [1.29, 1.82) is 0 Å². The van der Waals surface area contributed by atoms with Crippen LogP contribution in [0, 0.1) is 0 Å². The quantitative estimate of drug-likeness (QED) is 0.775. The Morgan fingerprint density at radius 1 is 1.33 bits per heavy atom. The molecule has 0 unspecified atom stereocenters. The number of benzene rings is 1. The number of carbonyl (C=O) groups excluding carboxylic acids is 1. The van der Waals surface area contributed by atoms with Crippen molar-refractivity contribution in [2.24, 2.45) is 0 Å². The molecule has 0 aliphatic heterocycles. The Bertz CT molecular complexity index is 388. The molecule has 1 rings (SSSR count). The van der Waals surface area contributed by atoms with Gasteiger partial charge in [-0.25, -0.2) is 0 Å². The van der Waals surface area contributed by atoms with Crippen LogP contribution in [-0.2, 0) is 16.0 Å². The first-order valence-electron chi connectivity index (χ1n) is 6.53. The fourth-order valence-corrected chi connectivity index (χ4v) is 1.90. The Hall–Kier alpha value is -1.35. The van der Waals surface area contributed by atoms with Crippen molar-refractivity contribution >= 4 is 11.6 Å². The molecule has 0 heterocycles. The van der Waals surface area contributed by atoms with Crippen molar-refractivity contribution in [2.45, 2.75) is 40.2 Å². The number of nitrogens with zero attached hydrogens (tertiary/aromatic N) is 1. The number of ether oxygens (including phenoxy) is 1. The average Bonchev–Trinajstić information content (AvgIpc) is 2.34. The fourth-order valence-electron chi connectivity index (χ4n) is 1.90. The van der Waals surface area contributed by atoms with Crippen LogP contribution in [0.2, 0.25) is 0 Å². The van der Waals surface area contributed by atoms with E-state index in [1.54, 1.807) is 11.8 Å². The molecule has 100 valence electrons. The van der Waals surface area contributed by atoms with Gasteiger partial charge >= 0.3 is 0 Å². The van der Waals surface area contributed by atoms with Crippen molar-refractivity contribution in [3.05, 3.63) is 29.8 Å². The van der Waals surface area contributed by atoms with Crippen LogP contribution in [0.1, 0.15) is 33.3 Å². The van der Waals surface area contributed by atoms with E-state index in [1.165, 1.54) is 5.56 Å². The van der Waals surface area contributed by atoms with Gasteiger partial charge in [0.25, 0.3) is 0 Å². The molecule has 0 spiro atoms. The first kappa shape index (κ1) is 14.7. The van der Waals surface area contributed by atoms with Crippen molar-refractivity contribution in [3.63, 3.8) is 0 Å². The molecule has 0 saturated heterocycles. The molecule has 3 heteroatoms. The van der Waals surface area contributed by atoms with Crippen molar-refractivity contribution in [2.75, 3.05) is 18.1 Å². The first-order valence-corrected chi connectivity index (χ1v) is 6.53. The van der Waals surface area contributed by atoms with Gasteiger partial charge in [-0.1, -0.05) is 25.1 Å². The van der Waals surface area contributed by atoms with Gasteiger partial charge in [0.2, 0.25) is 5.91 Å². The zero-order chi connectivity index (χ0) is 13.5. The lowest BCUT2D eigenvalue weighted by Crippen LogP contribution is -2.33. The maximum Gasteiger partial charge on any atom is 0.223 e. The van der Waals surface area contributed by atoms with Crippen LogP contribution in [0.5, 0.6) is 0 Å². The van der Waals surface area contributed by atoms with E-state index in [4.69, 9.17) is 4.74 Å². The summed E-state index contributed by atoms with van der Waals surface area (Å²) in [6.07, 6.45) is 1.12. The van der Waals surface area contributed by atoms with Gasteiger partial charge in [-0.2, -0.15) is 0 Å². The molecule has 0 radical (unpaired) electrons. The van der Waals surface area contributed by atoms with E-state index in [2.05, 4.69) is 13.0 Å². The summed E-state index contributed by atoms with van der Waals surface area (Å²) in [5.41, 5.74) is 2.19. The van der Waals surface area contributed by atoms with E-state index >= 15 is 0 Å². The Morgan fingerprint density at radius 2 is 2.00 bits per heavy atom. The molecule has 0 bridgehead atoms. The van der Waals surface area contributed by atoms with Crippen molar-refractivity contribution < 1.29 is 9.53 Å². The molecule has 1 aromatic carbocycles. The summed E-state index contributed by atoms with van der Waals surface area (Å²) >= 11 is 0. The lowest BCUT2D eigenvalue weighted by atomic mass is 10.1. The molecule has 18 heavy (non-hydrogen) atoms. The maximum absolute atomic E-state index is 11.8. The minimum atomic E-state index is 0.0586. The number of aryl methyl sites for hydroxylation is 1. The summed E-state index contributed by atoms with van der Waals surface area (Å²) in [5.74, 6) is 0.0586. The van der Waals surface area contributed by atoms with E-state index in [9.17, 15) is 4.79 Å². The predicted molar refractivity (Wildman–Crippen MR) is 74.9 cm³/mol. The third kappa shape index (κ3) is 4.15. The minimum Gasteiger partial charge on any atom is -0.377 e. The standard InChI is InChI=1S/C15H23NO2/c1-5-14-8-6-7-9-15(14)16(13(4)17)10-11-18-12(2)3/h6-9,12H,5,10-11H2,1-4H3. The molecule has 1 amide bonds. The summed E-state index contributed by atoms with van der Waals surface area (Å²) in [6.45, 7) is 8.86. The highest BCUT2D eigenvalue weighted by molar-refractivity contribution is 5.92. The average molecular weight is 249 g/mol. The molecule has 0 fully saturated rings. The van der Waals surface area contributed by atoms with Gasteiger partial charge in [0, 0.05) is 19.2 Å². The number of rotatable bonds is 6. The van der Waals surface area contributed by atoms with Crippen molar-refractivity contribution in [1.82, 2.24) is 0 Å². The highest BCUT2D eigenvalue weighted by Gasteiger charge is 2.14. The predicted octanol–water partition coefficient (Wildman–Crippen LogP) is 3.03. The number of hydrogen-bond acceptors (Lipinski definition) is 2. The summed E-state index contributed by atoms with van der Waals surface area (Å²) in [4.78, 5) is 13.6. The zero-order valence-electron chi connectivity index (χ0n) is 11.8. The van der Waals surface area contributed by atoms with E-state index < -0.39 is 0 Å². The molecule has 0 aromatic heterocycles. The number of anilines is 1. The van der Waals surface area contributed by atoms with Crippen LogP contribution < -0.4 is 4.90 Å². The van der Waals surface area contributed by atoms with E-state index in [1.807, 2.05) is 32.0 Å². The monoisotopic (exact) mass is 249 g/mol. The number of amides is 1. The van der Waals surface area contributed by atoms with Crippen LogP contribution in [0.25, 0.3) is 0 Å². The molecule has 0 aliphatic rings. The molecule has 0 saturated carbocycles. The van der Waals surface area contributed by atoms with Gasteiger partial charge in [-0.05, 0) is 31.9 Å². The minimum absolute atomic E-state index is 0.0586. The Balaban J connectivity index is 2.81. The SMILES string of the molecule is CCc1ccccc1N(CCOC(C)C)C(C)=O. The van der Waals surface area contributed by atoms with Gasteiger partial charge in [-0.3, -0.25) is 4.79 Å². The lowest BCUT2D eigenvalue weighted by Gasteiger charge is -2.24. The second-order valence-corrected chi connectivity index (χ2v) is 4.57. The van der Waals surface area contributed by atoms with Gasteiger partial charge in [0.1, 0.15) is 0 Å². The maximum atomic E-state index is 11.8. The summed E-state index contributed by atoms with van der Waals surface area (Å²) < 4.78 is 5.52. The van der Waals surface area contributed by atoms with Gasteiger partial charge < -0.3 is 9.64 Å². The second-order valence-electron chi connectivity index (χ2n) is 4.57. The van der Waals surface area contributed by atoms with Crippen LogP contribution in [0.15, 0.2) is 24.3 Å². The zero-order valence-corrected chi connectivity index (χ0v) is 11.8. The highest BCUT2D eigenvalue weighted by atomic mass is 16.5. The largest absolute Gasteiger partial charge is 0.377 e. The lowest BCUT2D eigenvalue weighted by molar-refractivity contribution is -0.116. The number of para-hydroxylation sites is 1. The van der Waals surface area contributed by atoms with Gasteiger partial charge in [0.15, 0.2) is 0 Å². The molecule has 0 N–H and O–H groups in total. The van der Waals surface area contributed by atoms with Crippen LogP contribution >= 0.6 is 0 Å². The van der Waals surface area contributed by atoms with Gasteiger partial charge in [0.05, 0.1) is 12.7 Å². The van der Waals surface area contributed by atoms with Gasteiger partial charge in [-0.15, -0.1) is 0 Å². The molecular weight excluding hydrogens is 226 g/mol. The molecule has 3 nitrogen and oxygen atoms in total. The summed E-state index contributed by atoms with van der Waals surface area (Å²) in [6, 6.07) is 8.03. The molecule has 0 atom stereocenters. The topological polar surface area (TPSA) is 29.5 Å². The fraction of sp³-hybridized carbons (Fsp3) is 0.533. The number of hydrogen-bond donors (Lipinski definition) is 0. The Kier molecular flexibility index (Phi) is 5.86. The van der Waals surface area contributed by atoms with Crippen LogP contribution in [0.4, 0.5) is 5.69 Å². The molecule has 0 aliphatic carbocycles. The highest BCUT2D eigenvalue weighted by Crippen LogP contribution is 2.20. The van der Waals surface area contributed by atoms with Crippen LogP contribution in [0.3, 0.4) is 0 Å². The van der Waals surface area contributed by atoms with E-state index in [-0.39, 0.29) is 12.0 Å². The third-order valence-corrected chi connectivity index (χ3v) is 2.81. The van der Waals surface area contributed by atoms with E-state index in [0.29, 0.717) is 13.2 Å². The molecule has 1 aromatic rings. The molecular formula is C15H23NO2. The van der Waals surface area contributed by atoms with Crippen molar-refractivity contribution in [3.8, 4) is 0 Å². The Morgan fingerprint density at radius 3 is 2.56 bits per heavy atom. The van der Waals surface area contributed by atoms with E-state index in [0.717, 1.165) is 12.1 Å². The first-order chi connectivity index (χ1) is 8.56. The second kappa shape index (κ2) is 7.17. The van der Waals surface area contributed by atoms with Crippen LogP contribution in [-0.4, -0.2) is 25.2 Å².